The smallest absolute Gasteiger partial charge is 0.334 e. The van der Waals surface area contributed by atoms with Crippen LogP contribution in [-0.4, -0.2) is 43.4 Å². The molecule has 2 bridgehead atoms. The van der Waals surface area contributed by atoms with Crippen LogP contribution in [0.4, 0.5) is 5.69 Å². The highest BCUT2D eigenvalue weighted by Crippen LogP contribution is 2.35. The molecule has 2 atom stereocenters. The van der Waals surface area contributed by atoms with E-state index in [-0.39, 0.29) is 29.7 Å². The lowest BCUT2D eigenvalue weighted by atomic mass is 9.83. The maximum atomic E-state index is 12.9. The van der Waals surface area contributed by atoms with Crippen molar-refractivity contribution in [1.82, 2.24) is 19.4 Å². The fourth-order valence-electron chi connectivity index (χ4n) is 4.91. The summed E-state index contributed by atoms with van der Waals surface area (Å²) in [5, 5.41) is 11.6. The maximum absolute atomic E-state index is 12.9. The third kappa shape index (κ3) is 3.47. The first kappa shape index (κ1) is 20.1. The predicted octanol–water partition coefficient (Wildman–Crippen LogP) is 1.57. The summed E-state index contributed by atoms with van der Waals surface area (Å²) >= 11 is 0. The molecule has 164 valence electrons. The third-order valence-electron chi connectivity index (χ3n) is 6.37. The molecule has 0 radical (unpaired) electrons. The van der Waals surface area contributed by atoms with Crippen LogP contribution in [0, 0.1) is 16.0 Å². The van der Waals surface area contributed by atoms with Crippen molar-refractivity contribution in [3.8, 4) is 0 Å². The number of nitro groups is 1. The van der Waals surface area contributed by atoms with Crippen molar-refractivity contribution in [2.45, 2.75) is 31.7 Å². The molecule has 0 spiro atoms. The molecule has 2 aliphatic rings. The number of carbonyl (C=O) groups is 1. The largest absolute Gasteiger partial charge is 0.342 e. The van der Waals surface area contributed by atoms with Crippen LogP contribution in [0.3, 0.4) is 0 Å². The van der Waals surface area contributed by atoms with Crippen molar-refractivity contribution in [1.29, 1.82) is 0 Å². The second-order valence-electron chi connectivity index (χ2n) is 8.44. The highest BCUT2D eigenvalue weighted by molar-refractivity contribution is 5.78. The SMILES string of the molecule is O=C(CCc1nc2ccccc2c(=O)[nH]1)N1C[C@H]2C[C@@H](C1)c1ccc([N+](=O)[O-])c(=O)n1C2. The Balaban J connectivity index is 1.31. The molecule has 1 saturated heterocycles. The summed E-state index contributed by atoms with van der Waals surface area (Å²) in [6.45, 7) is 1.34. The third-order valence-corrected chi connectivity index (χ3v) is 6.37. The van der Waals surface area contributed by atoms with Gasteiger partial charge in [-0.3, -0.25) is 24.5 Å². The number of benzene rings is 1. The highest BCUT2D eigenvalue weighted by atomic mass is 16.6. The molecule has 1 N–H and O–H groups in total. The monoisotopic (exact) mass is 435 g/mol. The van der Waals surface area contributed by atoms with E-state index in [4.69, 9.17) is 0 Å². The number of aryl methyl sites for hydroxylation is 1. The zero-order valence-electron chi connectivity index (χ0n) is 17.2. The molecule has 5 rings (SSSR count). The molecule has 0 unspecified atom stereocenters. The van der Waals surface area contributed by atoms with Gasteiger partial charge in [0, 0.05) is 50.2 Å². The number of fused-ring (bicyclic) bond motifs is 5. The Labute approximate surface area is 181 Å². The molecular weight excluding hydrogens is 414 g/mol. The van der Waals surface area contributed by atoms with Gasteiger partial charge in [0.05, 0.1) is 15.8 Å². The fraction of sp³-hybridized carbons (Fsp3) is 0.364. The van der Waals surface area contributed by atoms with Crippen LogP contribution in [0.2, 0.25) is 0 Å². The average molecular weight is 435 g/mol. The Morgan fingerprint density at radius 2 is 1.97 bits per heavy atom. The number of hydrogen-bond donors (Lipinski definition) is 1. The van der Waals surface area contributed by atoms with Crippen molar-refractivity contribution in [3.05, 3.63) is 78.7 Å². The molecular formula is C22H21N5O5. The molecule has 10 nitrogen and oxygen atoms in total. The maximum Gasteiger partial charge on any atom is 0.334 e. The number of pyridine rings is 1. The Morgan fingerprint density at radius 3 is 2.78 bits per heavy atom. The van der Waals surface area contributed by atoms with Gasteiger partial charge in [-0.1, -0.05) is 12.1 Å². The Kier molecular flexibility index (Phi) is 4.84. The van der Waals surface area contributed by atoms with Crippen LogP contribution < -0.4 is 11.1 Å². The molecule has 10 heteroatoms. The van der Waals surface area contributed by atoms with Crippen LogP contribution in [-0.2, 0) is 17.8 Å². The number of hydrogen-bond acceptors (Lipinski definition) is 6. The summed E-state index contributed by atoms with van der Waals surface area (Å²) in [5.74, 6) is 0.485. The number of nitrogens with zero attached hydrogens (tertiary/aromatic N) is 4. The van der Waals surface area contributed by atoms with E-state index in [0.29, 0.717) is 42.8 Å². The van der Waals surface area contributed by atoms with Crippen LogP contribution in [0.25, 0.3) is 10.9 Å². The van der Waals surface area contributed by atoms with Crippen LogP contribution in [0.1, 0.15) is 30.3 Å². The number of carbonyl (C=O) groups excluding carboxylic acids is 1. The van der Waals surface area contributed by atoms with E-state index in [2.05, 4.69) is 9.97 Å². The van der Waals surface area contributed by atoms with E-state index in [1.54, 1.807) is 29.2 Å². The van der Waals surface area contributed by atoms with E-state index < -0.39 is 16.2 Å². The molecule has 32 heavy (non-hydrogen) atoms. The summed E-state index contributed by atoms with van der Waals surface area (Å²) in [7, 11) is 0. The van der Waals surface area contributed by atoms with Gasteiger partial charge in [0.25, 0.3) is 5.56 Å². The Morgan fingerprint density at radius 1 is 1.16 bits per heavy atom. The Bertz CT molecular complexity index is 1360. The molecule has 2 aliphatic heterocycles. The van der Waals surface area contributed by atoms with Crippen molar-refractivity contribution in [2.24, 2.45) is 5.92 Å². The normalized spacial score (nSPS) is 19.6. The van der Waals surface area contributed by atoms with Gasteiger partial charge in [0.15, 0.2) is 0 Å². The number of nitrogens with one attached hydrogen (secondary N) is 1. The topological polar surface area (TPSA) is 131 Å². The minimum absolute atomic E-state index is 0.0291. The average Bonchev–Trinajstić information content (AvgIpc) is 2.78. The number of para-hydroxylation sites is 1. The molecule has 3 aromatic rings. The molecule has 4 heterocycles. The molecule has 2 aromatic heterocycles. The van der Waals surface area contributed by atoms with E-state index >= 15 is 0 Å². The van der Waals surface area contributed by atoms with Crippen molar-refractivity contribution < 1.29 is 9.72 Å². The number of aromatic nitrogens is 3. The summed E-state index contributed by atoms with van der Waals surface area (Å²) in [6, 6.07) is 9.97. The van der Waals surface area contributed by atoms with Gasteiger partial charge in [-0.15, -0.1) is 0 Å². The summed E-state index contributed by atoms with van der Waals surface area (Å²) < 4.78 is 1.50. The van der Waals surface area contributed by atoms with Crippen molar-refractivity contribution in [3.63, 3.8) is 0 Å². The number of rotatable bonds is 4. The number of amides is 1. The van der Waals surface area contributed by atoms with Gasteiger partial charge in [-0.2, -0.15) is 0 Å². The van der Waals surface area contributed by atoms with Gasteiger partial charge in [0.2, 0.25) is 5.91 Å². The Hall–Kier alpha value is -3.82. The molecule has 0 saturated carbocycles. The van der Waals surface area contributed by atoms with Gasteiger partial charge in [0.1, 0.15) is 5.82 Å². The lowest BCUT2D eigenvalue weighted by molar-refractivity contribution is -0.386. The quantitative estimate of drug-likeness (QED) is 0.489. The van der Waals surface area contributed by atoms with Crippen molar-refractivity contribution >= 4 is 22.5 Å². The fourth-order valence-corrected chi connectivity index (χ4v) is 4.91. The van der Waals surface area contributed by atoms with Crippen LogP contribution in [0.5, 0.6) is 0 Å². The van der Waals surface area contributed by atoms with E-state index in [0.717, 1.165) is 12.1 Å². The second-order valence-corrected chi connectivity index (χ2v) is 8.44. The highest BCUT2D eigenvalue weighted by Gasteiger charge is 2.37. The number of piperidine rings is 1. The molecule has 1 amide bonds. The number of H-pyrrole nitrogens is 1. The summed E-state index contributed by atoms with van der Waals surface area (Å²) in [6.07, 6.45) is 1.39. The predicted molar refractivity (Wildman–Crippen MR) is 115 cm³/mol. The van der Waals surface area contributed by atoms with Crippen LogP contribution >= 0.6 is 0 Å². The van der Waals surface area contributed by atoms with Crippen molar-refractivity contribution in [2.75, 3.05) is 13.1 Å². The van der Waals surface area contributed by atoms with Crippen LogP contribution in [0.15, 0.2) is 46.0 Å². The van der Waals surface area contributed by atoms with E-state index in [9.17, 15) is 24.5 Å². The second kappa shape index (κ2) is 7.70. The lowest BCUT2D eigenvalue weighted by Crippen LogP contribution is -2.49. The lowest BCUT2D eigenvalue weighted by Gasteiger charge is -2.42. The van der Waals surface area contributed by atoms with E-state index in [1.165, 1.54) is 10.6 Å². The van der Waals surface area contributed by atoms with Gasteiger partial charge < -0.3 is 14.5 Å². The first-order chi connectivity index (χ1) is 15.4. The van der Waals surface area contributed by atoms with E-state index in [1.807, 2.05) is 6.07 Å². The molecule has 1 aromatic carbocycles. The number of likely N-dealkylation sites (tertiary alicyclic amines) is 1. The van der Waals surface area contributed by atoms with Gasteiger partial charge in [-0.25, -0.2) is 4.98 Å². The minimum Gasteiger partial charge on any atom is -0.342 e. The summed E-state index contributed by atoms with van der Waals surface area (Å²) in [5.41, 5.74) is 0.130. The zero-order chi connectivity index (χ0) is 22.4. The molecule has 0 aliphatic carbocycles. The molecule has 1 fully saturated rings. The standard InChI is InChI=1S/C22H21N5O5/c28-20(8-7-19-23-16-4-2-1-3-15(16)21(29)24-19)25-10-13-9-14(12-25)17-5-6-18(27(31)32)22(30)26(17)11-13/h1-6,13-14H,7-12H2,(H,23,24,29)/t13-,14+/m1/s1. The van der Waals surface area contributed by atoms with Gasteiger partial charge in [-0.05, 0) is 30.5 Å². The number of aromatic amines is 1. The first-order valence-electron chi connectivity index (χ1n) is 10.5. The van der Waals surface area contributed by atoms with Gasteiger partial charge >= 0.3 is 11.2 Å². The summed E-state index contributed by atoms with van der Waals surface area (Å²) in [4.78, 5) is 57.1. The minimum atomic E-state index is -0.652. The first-order valence-corrected chi connectivity index (χ1v) is 10.5. The zero-order valence-corrected chi connectivity index (χ0v) is 17.2.